The molecule has 1 amide bonds. The summed E-state index contributed by atoms with van der Waals surface area (Å²) in [4.78, 5) is 21.8. The number of thioether (sulfide) groups is 1. The van der Waals surface area contributed by atoms with Gasteiger partial charge in [0.05, 0.1) is 23.4 Å². The van der Waals surface area contributed by atoms with Crippen molar-refractivity contribution in [1.29, 1.82) is 0 Å². The molecule has 0 spiro atoms. The molecule has 3 aromatic rings. The largest absolute Gasteiger partial charge is 0.495 e. The molecule has 0 aliphatic rings. The minimum atomic E-state index is -3.63. The highest BCUT2D eigenvalue weighted by molar-refractivity contribution is 8.00. The first kappa shape index (κ1) is 20.5. The summed E-state index contributed by atoms with van der Waals surface area (Å²) in [6, 6.07) is 6.25. The molecule has 0 fully saturated rings. The number of thiophene rings is 1. The number of ether oxygens (including phenoxy) is 1. The lowest BCUT2D eigenvalue weighted by Gasteiger charge is -2.15. The minimum Gasteiger partial charge on any atom is -0.495 e. The van der Waals surface area contributed by atoms with Crippen LogP contribution in [-0.2, 0) is 14.8 Å². The van der Waals surface area contributed by atoms with Gasteiger partial charge >= 0.3 is 0 Å². The van der Waals surface area contributed by atoms with Gasteiger partial charge < -0.3 is 10.1 Å². The smallest absolute Gasteiger partial charge is 0.242 e. The molecule has 1 N–H and O–H groups in total. The Morgan fingerprint density at radius 1 is 1.29 bits per heavy atom. The van der Waals surface area contributed by atoms with Crippen LogP contribution in [0.2, 0.25) is 0 Å². The summed E-state index contributed by atoms with van der Waals surface area (Å²) in [7, 11) is 0.716. The number of hydrogen-bond acceptors (Lipinski definition) is 8. The summed E-state index contributed by atoms with van der Waals surface area (Å²) in [6.45, 7) is 0. The van der Waals surface area contributed by atoms with E-state index < -0.39 is 10.0 Å². The van der Waals surface area contributed by atoms with Crippen molar-refractivity contribution in [3.05, 3.63) is 36.0 Å². The van der Waals surface area contributed by atoms with Gasteiger partial charge in [-0.1, -0.05) is 11.8 Å². The van der Waals surface area contributed by atoms with Crippen molar-refractivity contribution in [3.8, 4) is 5.75 Å². The van der Waals surface area contributed by atoms with Crippen LogP contribution in [0.4, 0.5) is 5.69 Å². The molecule has 148 valence electrons. The van der Waals surface area contributed by atoms with E-state index in [4.69, 9.17) is 4.74 Å². The molecule has 0 radical (unpaired) electrons. The quantitative estimate of drug-likeness (QED) is 0.447. The van der Waals surface area contributed by atoms with Crippen LogP contribution in [-0.4, -0.2) is 55.6 Å². The fourth-order valence-corrected chi connectivity index (χ4v) is 4.87. The number of amides is 1. The highest BCUT2D eigenvalue weighted by atomic mass is 32.2. The highest BCUT2D eigenvalue weighted by Crippen LogP contribution is 2.30. The number of aromatic nitrogens is 2. The third-order valence-electron chi connectivity index (χ3n) is 3.79. The molecule has 11 heteroatoms. The number of fused-ring (bicyclic) bond motifs is 1. The van der Waals surface area contributed by atoms with Gasteiger partial charge in [-0.2, -0.15) is 0 Å². The van der Waals surface area contributed by atoms with Crippen molar-refractivity contribution in [2.75, 3.05) is 32.3 Å². The first-order valence-electron chi connectivity index (χ1n) is 8.04. The number of carbonyl (C=O) groups excluding carboxylic acids is 1. The van der Waals surface area contributed by atoms with E-state index in [9.17, 15) is 13.2 Å². The van der Waals surface area contributed by atoms with Crippen molar-refractivity contribution < 1.29 is 17.9 Å². The first-order valence-corrected chi connectivity index (χ1v) is 11.3. The zero-order valence-corrected chi connectivity index (χ0v) is 17.8. The fraction of sp³-hybridized carbons (Fsp3) is 0.235. The van der Waals surface area contributed by atoms with Crippen molar-refractivity contribution in [3.63, 3.8) is 0 Å². The van der Waals surface area contributed by atoms with E-state index in [1.165, 1.54) is 68.8 Å². The SMILES string of the molecule is COc1ccc(S(=O)(=O)N(C)C)cc1NC(=O)CSc1ncnc2sccc12. The molecule has 0 aliphatic heterocycles. The number of carbonyl (C=O) groups is 1. The molecule has 0 saturated heterocycles. The Morgan fingerprint density at radius 3 is 2.79 bits per heavy atom. The van der Waals surface area contributed by atoms with Crippen LogP contribution in [0, 0.1) is 0 Å². The summed E-state index contributed by atoms with van der Waals surface area (Å²) < 4.78 is 31.0. The number of nitrogens with one attached hydrogen (secondary N) is 1. The maximum absolute atomic E-state index is 12.4. The number of methoxy groups -OCH3 is 1. The van der Waals surface area contributed by atoms with E-state index in [-0.39, 0.29) is 16.6 Å². The predicted molar refractivity (Wildman–Crippen MR) is 111 cm³/mol. The van der Waals surface area contributed by atoms with Gasteiger partial charge in [-0.25, -0.2) is 22.7 Å². The predicted octanol–water partition coefficient (Wildman–Crippen LogP) is 2.68. The number of rotatable bonds is 7. The summed E-state index contributed by atoms with van der Waals surface area (Å²) in [5.41, 5.74) is 0.291. The van der Waals surface area contributed by atoms with E-state index in [2.05, 4.69) is 15.3 Å². The molecule has 1 aromatic carbocycles. The Morgan fingerprint density at radius 2 is 2.07 bits per heavy atom. The second kappa shape index (κ2) is 8.43. The van der Waals surface area contributed by atoms with E-state index >= 15 is 0 Å². The van der Waals surface area contributed by atoms with Gasteiger partial charge in [0.2, 0.25) is 15.9 Å². The molecule has 3 rings (SSSR count). The number of benzene rings is 1. The molecule has 0 bridgehead atoms. The van der Waals surface area contributed by atoms with E-state index in [0.717, 1.165) is 19.5 Å². The second-order valence-corrected chi connectivity index (χ2v) is 9.82. The summed E-state index contributed by atoms with van der Waals surface area (Å²) in [5, 5.41) is 6.26. The zero-order chi connectivity index (χ0) is 20.3. The standard InChI is InChI=1S/C17H18N4O4S3/c1-21(2)28(23,24)11-4-5-14(25-3)13(8-11)20-15(22)9-27-17-12-6-7-26-16(12)18-10-19-17/h4-8,10H,9H2,1-3H3,(H,20,22). The highest BCUT2D eigenvalue weighted by Gasteiger charge is 2.20. The number of nitrogens with zero attached hydrogens (tertiary/aromatic N) is 3. The van der Waals surface area contributed by atoms with Crippen LogP contribution in [0.15, 0.2) is 45.9 Å². The molecule has 0 unspecified atom stereocenters. The van der Waals surface area contributed by atoms with E-state index in [1.807, 2.05) is 11.4 Å². The van der Waals surface area contributed by atoms with Crippen LogP contribution in [0.3, 0.4) is 0 Å². The van der Waals surface area contributed by atoms with Gasteiger partial charge in [0.1, 0.15) is 21.9 Å². The van der Waals surface area contributed by atoms with Crippen molar-refractivity contribution in [1.82, 2.24) is 14.3 Å². The lowest BCUT2D eigenvalue weighted by atomic mass is 10.3. The lowest BCUT2D eigenvalue weighted by molar-refractivity contribution is -0.113. The van der Waals surface area contributed by atoms with Crippen molar-refractivity contribution >= 4 is 54.9 Å². The first-order chi connectivity index (χ1) is 13.3. The lowest BCUT2D eigenvalue weighted by Crippen LogP contribution is -2.22. The van der Waals surface area contributed by atoms with Crippen molar-refractivity contribution in [2.45, 2.75) is 9.92 Å². The molecule has 8 nitrogen and oxygen atoms in total. The zero-order valence-electron chi connectivity index (χ0n) is 15.4. The third kappa shape index (κ3) is 4.27. The average Bonchev–Trinajstić information content (AvgIpc) is 3.15. The molecule has 2 heterocycles. The van der Waals surface area contributed by atoms with Gasteiger partial charge in [0.25, 0.3) is 0 Å². The Bertz CT molecular complexity index is 1110. The number of hydrogen-bond donors (Lipinski definition) is 1. The summed E-state index contributed by atoms with van der Waals surface area (Å²) >= 11 is 2.79. The molecule has 2 aromatic heterocycles. The van der Waals surface area contributed by atoms with Gasteiger partial charge in [-0.05, 0) is 29.6 Å². The topological polar surface area (TPSA) is 101 Å². The molecule has 0 aliphatic carbocycles. The van der Waals surface area contributed by atoms with Crippen LogP contribution in [0.1, 0.15) is 0 Å². The Hall–Kier alpha value is -2.21. The van der Waals surface area contributed by atoms with Crippen LogP contribution in [0.5, 0.6) is 5.75 Å². The summed E-state index contributed by atoms with van der Waals surface area (Å²) in [6.07, 6.45) is 1.47. The third-order valence-corrected chi connectivity index (χ3v) is 7.43. The number of anilines is 1. The van der Waals surface area contributed by atoms with Crippen LogP contribution in [0.25, 0.3) is 10.2 Å². The normalized spacial score (nSPS) is 11.7. The molecule has 0 saturated carbocycles. The van der Waals surface area contributed by atoms with E-state index in [1.54, 1.807) is 0 Å². The maximum Gasteiger partial charge on any atom is 0.242 e. The fourth-order valence-electron chi connectivity index (χ4n) is 2.36. The Balaban J connectivity index is 1.77. The molecular weight excluding hydrogens is 420 g/mol. The van der Waals surface area contributed by atoms with Crippen LogP contribution >= 0.6 is 23.1 Å². The number of sulfonamides is 1. The van der Waals surface area contributed by atoms with Gasteiger partial charge in [0, 0.05) is 19.5 Å². The van der Waals surface area contributed by atoms with Gasteiger partial charge in [0.15, 0.2) is 0 Å². The Kier molecular flexibility index (Phi) is 6.18. The molecule has 0 atom stereocenters. The molecule has 28 heavy (non-hydrogen) atoms. The summed E-state index contributed by atoms with van der Waals surface area (Å²) in [5.74, 6) is 0.179. The monoisotopic (exact) mass is 438 g/mol. The Labute approximate surface area is 171 Å². The molecular formula is C17H18N4O4S3. The van der Waals surface area contributed by atoms with Crippen molar-refractivity contribution in [2.24, 2.45) is 0 Å². The second-order valence-electron chi connectivity index (χ2n) is 5.80. The minimum absolute atomic E-state index is 0.0667. The van der Waals surface area contributed by atoms with Crippen LogP contribution < -0.4 is 10.1 Å². The average molecular weight is 439 g/mol. The van der Waals surface area contributed by atoms with Gasteiger partial charge in [-0.3, -0.25) is 4.79 Å². The van der Waals surface area contributed by atoms with Gasteiger partial charge in [-0.15, -0.1) is 11.3 Å². The maximum atomic E-state index is 12.4. The van der Waals surface area contributed by atoms with E-state index in [0.29, 0.717) is 11.4 Å².